The summed E-state index contributed by atoms with van der Waals surface area (Å²) in [5.74, 6) is -1.33. The summed E-state index contributed by atoms with van der Waals surface area (Å²) >= 11 is 6.13. The summed E-state index contributed by atoms with van der Waals surface area (Å²) in [4.78, 5) is 0. The van der Waals surface area contributed by atoms with E-state index in [4.69, 9.17) is 11.6 Å². The van der Waals surface area contributed by atoms with Crippen molar-refractivity contribution in [3.63, 3.8) is 0 Å². The second-order valence-corrected chi connectivity index (χ2v) is 7.20. The summed E-state index contributed by atoms with van der Waals surface area (Å²) in [6, 6.07) is 2.22. The Labute approximate surface area is 132 Å². The van der Waals surface area contributed by atoms with Gasteiger partial charge in [0.05, 0.1) is 0 Å². The van der Waals surface area contributed by atoms with Crippen LogP contribution in [0.4, 0.5) is 8.78 Å². The van der Waals surface area contributed by atoms with Crippen LogP contribution in [0.1, 0.15) is 59.1 Å². The van der Waals surface area contributed by atoms with E-state index in [9.17, 15) is 8.78 Å². The maximum Gasteiger partial charge on any atom is 0.160 e. The lowest BCUT2D eigenvalue weighted by Gasteiger charge is -2.32. The Hall–Kier alpha value is -0.670. The molecule has 120 valence electrons. The molecule has 0 aliphatic rings. The van der Waals surface area contributed by atoms with Crippen LogP contribution in [0.2, 0.25) is 5.02 Å². The van der Waals surface area contributed by atoms with E-state index in [1.54, 1.807) is 0 Å². The monoisotopic (exact) mass is 317 g/mol. The summed E-state index contributed by atoms with van der Waals surface area (Å²) in [5, 5.41) is 3.68. The van der Waals surface area contributed by atoms with Gasteiger partial charge >= 0.3 is 0 Å². The Bertz CT molecular complexity index is 469. The quantitative estimate of drug-likeness (QED) is 0.660. The van der Waals surface area contributed by atoms with Gasteiger partial charge in [0.1, 0.15) is 0 Å². The van der Waals surface area contributed by atoms with Gasteiger partial charge in [-0.2, -0.15) is 0 Å². The van der Waals surface area contributed by atoms with Crippen LogP contribution in [0.15, 0.2) is 12.1 Å². The highest BCUT2D eigenvalue weighted by atomic mass is 35.5. The van der Waals surface area contributed by atoms with Crippen molar-refractivity contribution < 1.29 is 8.78 Å². The van der Waals surface area contributed by atoms with Crippen LogP contribution in [0, 0.1) is 23.0 Å². The third kappa shape index (κ3) is 5.23. The van der Waals surface area contributed by atoms with Crippen molar-refractivity contribution in [3.05, 3.63) is 34.4 Å². The second-order valence-electron chi connectivity index (χ2n) is 6.80. The first-order valence-corrected chi connectivity index (χ1v) is 7.92. The molecule has 0 aromatic heterocycles. The number of halogens is 3. The number of hydrogen-bond acceptors (Lipinski definition) is 1. The third-order valence-electron chi connectivity index (χ3n) is 4.12. The molecule has 0 heterocycles. The maximum atomic E-state index is 13.6. The van der Waals surface area contributed by atoms with Gasteiger partial charge in [-0.3, -0.25) is 0 Å². The van der Waals surface area contributed by atoms with E-state index >= 15 is 0 Å². The van der Waals surface area contributed by atoms with Crippen molar-refractivity contribution in [2.45, 2.75) is 53.5 Å². The van der Waals surface area contributed by atoms with Gasteiger partial charge in [0.25, 0.3) is 0 Å². The molecule has 0 aliphatic carbocycles. The summed E-state index contributed by atoms with van der Waals surface area (Å²) in [6.07, 6.45) is 1.80. The highest BCUT2D eigenvalue weighted by Crippen LogP contribution is 2.36. The molecule has 21 heavy (non-hydrogen) atoms. The van der Waals surface area contributed by atoms with Crippen molar-refractivity contribution in [2.24, 2.45) is 11.3 Å². The van der Waals surface area contributed by atoms with Crippen LogP contribution in [0.5, 0.6) is 0 Å². The Morgan fingerprint density at radius 1 is 1.19 bits per heavy atom. The fraction of sp³-hybridized carbons (Fsp3) is 0.647. The molecule has 0 radical (unpaired) electrons. The van der Waals surface area contributed by atoms with E-state index in [1.165, 1.54) is 6.07 Å². The molecule has 0 aliphatic heterocycles. The van der Waals surface area contributed by atoms with Gasteiger partial charge in [0.2, 0.25) is 0 Å². The molecule has 1 aromatic carbocycles. The largest absolute Gasteiger partial charge is 0.310 e. The van der Waals surface area contributed by atoms with Crippen LogP contribution in [0.25, 0.3) is 0 Å². The van der Waals surface area contributed by atoms with E-state index in [0.29, 0.717) is 11.5 Å². The first-order chi connectivity index (χ1) is 9.66. The Balaban J connectivity index is 3.05. The van der Waals surface area contributed by atoms with Gasteiger partial charge in [-0.1, -0.05) is 46.2 Å². The van der Waals surface area contributed by atoms with E-state index in [1.807, 2.05) is 0 Å². The third-order valence-corrected chi connectivity index (χ3v) is 4.45. The summed E-state index contributed by atoms with van der Waals surface area (Å²) in [7, 11) is 0. The van der Waals surface area contributed by atoms with E-state index in [2.05, 4.69) is 39.9 Å². The predicted molar refractivity (Wildman–Crippen MR) is 85.6 cm³/mol. The molecule has 1 rings (SSSR count). The molecule has 2 atom stereocenters. The van der Waals surface area contributed by atoms with Gasteiger partial charge in [0.15, 0.2) is 11.6 Å². The number of benzene rings is 1. The predicted octanol–water partition coefficient (Wildman–Crippen LogP) is 5.73. The Morgan fingerprint density at radius 3 is 2.29 bits per heavy atom. The van der Waals surface area contributed by atoms with Crippen LogP contribution in [-0.4, -0.2) is 6.54 Å². The molecule has 0 spiro atoms. The average molecular weight is 318 g/mol. The lowest BCUT2D eigenvalue weighted by molar-refractivity contribution is 0.223. The molecule has 0 fully saturated rings. The molecule has 0 bridgehead atoms. The molecule has 4 heteroatoms. The average Bonchev–Trinajstić information content (AvgIpc) is 2.37. The minimum absolute atomic E-state index is 0.0678. The highest BCUT2D eigenvalue weighted by molar-refractivity contribution is 6.31. The molecule has 0 saturated carbocycles. The topological polar surface area (TPSA) is 12.0 Å². The van der Waals surface area contributed by atoms with Crippen LogP contribution in [0.3, 0.4) is 0 Å². The van der Waals surface area contributed by atoms with E-state index < -0.39 is 11.6 Å². The molecule has 0 amide bonds. The number of hydrogen-bond donors (Lipinski definition) is 1. The van der Waals surface area contributed by atoms with Gasteiger partial charge in [0, 0.05) is 11.1 Å². The minimum atomic E-state index is -0.901. The number of rotatable bonds is 6. The van der Waals surface area contributed by atoms with E-state index in [-0.39, 0.29) is 16.5 Å². The maximum absolute atomic E-state index is 13.6. The van der Waals surface area contributed by atoms with Gasteiger partial charge in [-0.25, -0.2) is 8.78 Å². The molecular weight excluding hydrogens is 292 g/mol. The fourth-order valence-electron chi connectivity index (χ4n) is 2.15. The molecule has 1 aromatic rings. The lowest BCUT2D eigenvalue weighted by Crippen LogP contribution is -2.28. The van der Waals surface area contributed by atoms with Crippen LogP contribution >= 0.6 is 11.6 Å². The minimum Gasteiger partial charge on any atom is -0.310 e. The van der Waals surface area contributed by atoms with Crippen molar-refractivity contribution in [1.29, 1.82) is 0 Å². The first kappa shape index (κ1) is 18.4. The van der Waals surface area contributed by atoms with Gasteiger partial charge in [-0.05, 0) is 48.4 Å². The Morgan fingerprint density at radius 2 is 1.76 bits per heavy atom. The molecule has 0 saturated heterocycles. The molecular formula is C17H26ClF2N. The number of nitrogens with one attached hydrogen (secondary N) is 1. The first-order valence-electron chi connectivity index (χ1n) is 7.54. The highest BCUT2D eigenvalue weighted by Gasteiger charge is 2.26. The molecule has 1 N–H and O–H groups in total. The second kappa shape index (κ2) is 7.55. The van der Waals surface area contributed by atoms with Crippen molar-refractivity contribution in [1.82, 2.24) is 5.32 Å². The fourth-order valence-corrected chi connectivity index (χ4v) is 2.43. The van der Waals surface area contributed by atoms with Crippen molar-refractivity contribution in [3.8, 4) is 0 Å². The molecule has 2 unspecified atom stereocenters. The standard InChI is InChI=1S/C17H26ClF2N/c1-6-7-21-16(8-11(2)17(3,4)5)12-9-14(19)15(20)10-13(12)18/h9-11,16,21H,6-8H2,1-5H3. The van der Waals surface area contributed by atoms with Crippen molar-refractivity contribution in [2.75, 3.05) is 6.54 Å². The normalized spacial score (nSPS) is 15.0. The van der Waals surface area contributed by atoms with Crippen LogP contribution < -0.4 is 5.32 Å². The summed E-state index contributed by atoms with van der Waals surface area (Å²) in [5.41, 5.74) is 0.789. The van der Waals surface area contributed by atoms with Crippen LogP contribution in [-0.2, 0) is 0 Å². The zero-order valence-electron chi connectivity index (χ0n) is 13.6. The molecule has 1 nitrogen and oxygen atoms in total. The summed E-state index contributed by atoms with van der Waals surface area (Å²) < 4.78 is 26.8. The smallest absolute Gasteiger partial charge is 0.160 e. The van der Waals surface area contributed by atoms with Crippen molar-refractivity contribution >= 4 is 11.6 Å². The SMILES string of the molecule is CCCNC(CC(C)C(C)(C)C)c1cc(F)c(F)cc1Cl. The zero-order valence-corrected chi connectivity index (χ0v) is 14.3. The van der Waals surface area contributed by atoms with E-state index in [0.717, 1.165) is 25.5 Å². The van der Waals surface area contributed by atoms with Gasteiger partial charge < -0.3 is 5.32 Å². The van der Waals surface area contributed by atoms with Gasteiger partial charge in [-0.15, -0.1) is 0 Å². The lowest BCUT2D eigenvalue weighted by atomic mass is 9.77. The Kier molecular flexibility index (Phi) is 6.61. The zero-order chi connectivity index (χ0) is 16.2. The summed E-state index contributed by atoms with van der Waals surface area (Å²) in [6.45, 7) is 11.6.